The minimum Gasteiger partial charge on any atom is -0.481 e. The first-order valence-corrected chi connectivity index (χ1v) is 8.07. The predicted octanol–water partition coefficient (Wildman–Crippen LogP) is 4.55. The Labute approximate surface area is 149 Å². The monoisotopic (exact) mass is 378 g/mol. The van der Waals surface area contributed by atoms with E-state index in [1.807, 2.05) is 0 Å². The number of carbonyl (C=O) groups is 1. The van der Waals surface area contributed by atoms with E-state index in [0.717, 1.165) is 6.07 Å². The molecule has 0 radical (unpaired) electrons. The topological polar surface area (TPSA) is 55.8 Å². The molecule has 1 N–H and O–H groups in total. The van der Waals surface area contributed by atoms with Crippen LogP contribution in [-0.4, -0.2) is 29.4 Å². The smallest absolute Gasteiger partial charge is 0.466 e. The van der Waals surface area contributed by atoms with Crippen LogP contribution in [0, 0.1) is 0 Å². The van der Waals surface area contributed by atoms with E-state index in [-0.39, 0.29) is 5.56 Å². The van der Waals surface area contributed by atoms with E-state index in [4.69, 9.17) is 20.9 Å². The standard InChI is InChI=1S/C16H19BClF3O4/c1-14(2)15(3,4)25-17(24-14)11(8-12(22)23)9-6-5-7-10(13(9)18)16(19,20)21/h5-7,11H,8H2,1-4H3,(H,22,23). The Morgan fingerprint density at radius 3 is 2.20 bits per heavy atom. The van der Waals surface area contributed by atoms with Crippen molar-refractivity contribution in [3.63, 3.8) is 0 Å². The van der Waals surface area contributed by atoms with Crippen LogP contribution in [0.25, 0.3) is 0 Å². The fourth-order valence-corrected chi connectivity index (χ4v) is 3.02. The summed E-state index contributed by atoms with van der Waals surface area (Å²) in [5.74, 6) is -2.17. The number of alkyl halides is 3. The Hall–Kier alpha value is -1.25. The lowest BCUT2D eigenvalue weighted by Crippen LogP contribution is -2.41. The minimum atomic E-state index is -4.64. The average Bonchev–Trinajstić information content (AvgIpc) is 2.63. The molecule has 1 aliphatic heterocycles. The molecule has 2 rings (SSSR count). The first kappa shape index (κ1) is 20.1. The van der Waals surface area contributed by atoms with Crippen molar-refractivity contribution in [2.45, 2.75) is 57.3 Å². The van der Waals surface area contributed by atoms with Crippen molar-refractivity contribution >= 4 is 24.7 Å². The summed E-state index contributed by atoms with van der Waals surface area (Å²) in [5, 5.41) is 8.68. The number of halogens is 4. The van der Waals surface area contributed by atoms with E-state index in [0.29, 0.717) is 0 Å². The molecule has 0 aromatic heterocycles. The van der Waals surface area contributed by atoms with Crippen LogP contribution in [-0.2, 0) is 20.3 Å². The van der Waals surface area contributed by atoms with Crippen LogP contribution >= 0.6 is 11.6 Å². The van der Waals surface area contributed by atoms with Crippen LogP contribution in [0.1, 0.15) is 51.1 Å². The molecule has 1 fully saturated rings. The largest absolute Gasteiger partial charge is 0.481 e. The summed E-state index contributed by atoms with van der Waals surface area (Å²) in [4.78, 5) is 11.3. The molecule has 1 aromatic rings. The van der Waals surface area contributed by atoms with Gasteiger partial charge in [0.1, 0.15) is 0 Å². The van der Waals surface area contributed by atoms with Gasteiger partial charge in [-0.05, 0) is 39.3 Å². The van der Waals surface area contributed by atoms with Crippen LogP contribution in [0.4, 0.5) is 13.2 Å². The Balaban J connectivity index is 2.49. The van der Waals surface area contributed by atoms with E-state index in [9.17, 15) is 23.1 Å². The SMILES string of the molecule is CC1(C)OB(C(CC(=O)O)c2cccc(C(F)(F)F)c2Cl)OC1(C)C. The highest BCUT2D eigenvalue weighted by Gasteiger charge is 2.54. The van der Waals surface area contributed by atoms with Crippen LogP contribution in [0.15, 0.2) is 18.2 Å². The molecule has 0 bridgehead atoms. The van der Waals surface area contributed by atoms with Crippen molar-refractivity contribution in [2.24, 2.45) is 0 Å². The zero-order chi connectivity index (χ0) is 19.2. The summed E-state index contributed by atoms with van der Waals surface area (Å²) in [6.07, 6.45) is -5.12. The van der Waals surface area contributed by atoms with Gasteiger partial charge in [0.15, 0.2) is 0 Å². The van der Waals surface area contributed by atoms with Gasteiger partial charge in [0.05, 0.1) is 28.2 Å². The van der Waals surface area contributed by atoms with Gasteiger partial charge in [-0.2, -0.15) is 13.2 Å². The summed E-state index contributed by atoms with van der Waals surface area (Å²) >= 11 is 5.97. The summed E-state index contributed by atoms with van der Waals surface area (Å²) in [5.41, 5.74) is -2.47. The highest BCUT2D eigenvalue weighted by atomic mass is 35.5. The fourth-order valence-electron chi connectivity index (χ4n) is 2.65. The summed E-state index contributed by atoms with van der Waals surface area (Å²) < 4.78 is 51.0. The fraction of sp³-hybridized carbons (Fsp3) is 0.562. The molecule has 25 heavy (non-hydrogen) atoms. The Bertz CT molecular complexity index is 660. The van der Waals surface area contributed by atoms with E-state index in [1.165, 1.54) is 12.1 Å². The van der Waals surface area contributed by atoms with Crippen molar-refractivity contribution in [1.82, 2.24) is 0 Å². The van der Waals surface area contributed by atoms with Crippen LogP contribution in [0.5, 0.6) is 0 Å². The second-order valence-electron chi connectivity index (χ2n) is 7.04. The van der Waals surface area contributed by atoms with Gasteiger partial charge in [0.25, 0.3) is 0 Å². The molecule has 9 heteroatoms. The molecule has 0 spiro atoms. The van der Waals surface area contributed by atoms with Crippen molar-refractivity contribution in [3.05, 3.63) is 34.3 Å². The third-order valence-corrected chi connectivity index (χ3v) is 5.15. The van der Waals surface area contributed by atoms with Crippen molar-refractivity contribution < 1.29 is 32.4 Å². The lowest BCUT2D eigenvalue weighted by atomic mass is 9.66. The van der Waals surface area contributed by atoms with E-state index in [2.05, 4.69) is 0 Å². The van der Waals surface area contributed by atoms with Crippen molar-refractivity contribution in [3.8, 4) is 0 Å². The molecule has 0 saturated carbocycles. The molecule has 1 unspecified atom stereocenters. The molecule has 1 atom stereocenters. The number of rotatable bonds is 4. The molecule has 1 aliphatic rings. The van der Waals surface area contributed by atoms with Crippen molar-refractivity contribution in [2.75, 3.05) is 0 Å². The van der Waals surface area contributed by atoms with Gasteiger partial charge in [0.2, 0.25) is 0 Å². The number of carboxylic acid groups (broad SMARTS) is 1. The molecular weight excluding hydrogens is 359 g/mol. The zero-order valence-electron chi connectivity index (χ0n) is 14.3. The molecule has 1 aromatic carbocycles. The number of carboxylic acids is 1. The van der Waals surface area contributed by atoms with E-state index >= 15 is 0 Å². The van der Waals surface area contributed by atoms with Crippen LogP contribution < -0.4 is 0 Å². The average molecular weight is 379 g/mol. The second kappa shape index (κ2) is 6.48. The molecule has 1 saturated heterocycles. The van der Waals surface area contributed by atoms with E-state index in [1.54, 1.807) is 27.7 Å². The van der Waals surface area contributed by atoms with Gasteiger partial charge < -0.3 is 14.4 Å². The number of benzene rings is 1. The first-order chi connectivity index (χ1) is 11.3. The highest BCUT2D eigenvalue weighted by Crippen LogP contribution is 2.45. The Morgan fingerprint density at radius 2 is 1.76 bits per heavy atom. The normalized spacial score (nSPS) is 20.6. The molecular formula is C16H19BClF3O4. The zero-order valence-corrected chi connectivity index (χ0v) is 15.0. The number of hydrogen-bond donors (Lipinski definition) is 1. The maximum Gasteiger partial charge on any atom is 0.466 e. The summed E-state index contributed by atoms with van der Waals surface area (Å²) in [6, 6.07) is 3.42. The molecule has 0 aliphatic carbocycles. The predicted molar refractivity (Wildman–Crippen MR) is 87.5 cm³/mol. The Morgan fingerprint density at radius 1 is 1.24 bits per heavy atom. The molecule has 0 amide bonds. The third-order valence-electron chi connectivity index (χ3n) is 4.73. The quantitative estimate of drug-likeness (QED) is 0.781. The lowest BCUT2D eigenvalue weighted by molar-refractivity contribution is -0.137. The molecule has 1 heterocycles. The van der Waals surface area contributed by atoms with Gasteiger partial charge >= 0.3 is 19.3 Å². The third kappa shape index (κ3) is 3.96. The van der Waals surface area contributed by atoms with Gasteiger partial charge in [-0.25, -0.2) is 0 Å². The summed E-state index contributed by atoms with van der Waals surface area (Å²) in [7, 11) is -1.03. The molecule has 4 nitrogen and oxygen atoms in total. The van der Waals surface area contributed by atoms with Crippen molar-refractivity contribution in [1.29, 1.82) is 0 Å². The van der Waals surface area contributed by atoms with Gasteiger partial charge in [-0.15, -0.1) is 0 Å². The number of hydrogen-bond acceptors (Lipinski definition) is 3. The first-order valence-electron chi connectivity index (χ1n) is 7.69. The summed E-state index contributed by atoms with van der Waals surface area (Å²) in [6.45, 7) is 7.11. The van der Waals surface area contributed by atoms with Gasteiger partial charge in [-0.1, -0.05) is 23.7 Å². The van der Waals surface area contributed by atoms with Crippen LogP contribution in [0.2, 0.25) is 5.02 Å². The molecule has 138 valence electrons. The maximum atomic E-state index is 13.1. The van der Waals surface area contributed by atoms with E-state index < -0.39 is 53.3 Å². The Kier molecular flexibility index (Phi) is 5.21. The second-order valence-corrected chi connectivity index (χ2v) is 7.41. The minimum absolute atomic E-state index is 0.0393. The lowest BCUT2D eigenvalue weighted by Gasteiger charge is -2.32. The van der Waals surface area contributed by atoms with Gasteiger partial charge in [-0.3, -0.25) is 4.79 Å². The maximum absolute atomic E-state index is 13.1. The highest BCUT2D eigenvalue weighted by molar-refractivity contribution is 6.48. The van der Waals surface area contributed by atoms with Crippen LogP contribution in [0.3, 0.4) is 0 Å². The number of aliphatic carboxylic acids is 1. The van der Waals surface area contributed by atoms with Gasteiger partial charge in [0, 0.05) is 5.82 Å².